The molecule has 3 rings (SSSR count). The van der Waals surface area contributed by atoms with E-state index in [9.17, 15) is 0 Å². The minimum atomic E-state index is -0.0373. The largest absolute Gasteiger partial charge is 0.331 e. The normalized spacial score (nSPS) is 12.7. The predicted molar refractivity (Wildman–Crippen MR) is 75.6 cm³/mol. The minimum absolute atomic E-state index is 0.0373. The highest BCUT2D eigenvalue weighted by atomic mass is 15.1. The van der Waals surface area contributed by atoms with Crippen molar-refractivity contribution in [2.24, 2.45) is 12.8 Å². The van der Waals surface area contributed by atoms with Crippen molar-refractivity contribution in [1.29, 1.82) is 0 Å². The fraction of sp³-hybridized carbons (Fsp3) is 0.200. The van der Waals surface area contributed by atoms with Crippen LogP contribution in [0.1, 0.15) is 17.4 Å². The van der Waals surface area contributed by atoms with Crippen LogP contribution in [0.25, 0.3) is 11.0 Å². The molecule has 0 aliphatic rings. The van der Waals surface area contributed by atoms with Crippen LogP contribution in [-0.4, -0.2) is 14.5 Å². The van der Waals surface area contributed by atoms with E-state index in [1.165, 1.54) is 0 Å². The monoisotopic (exact) mass is 252 g/mol. The zero-order valence-corrected chi connectivity index (χ0v) is 10.8. The van der Waals surface area contributed by atoms with E-state index >= 15 is 0 Å². The minimum Gasteiger partial charge on any atom is -0.331 e. The first-order valence-corrected chi connectivity index (χ1v) is 6.31. The Morgan fingerprint density at radius 2 is 2.00 bits per heavy atom. The van der Waals surface area contributed by atoms with Gasteiger partial charge in [-0.2, -0.15) is 0 Å². The van der Waals surface area contributed by atoms with Gasteiger partial charge in [0, 0.05) is 25.7 Å². The molecule has 0 aliphatic carbocycles. The molecular weight excluding hydrogens is 236 g/mol. The Balaban J connectivity index is 1.91. The second kappa shape index (κ2) is 4.82. The molecule has 0 radical (unpaired) electrons. The average molecular weight is 252 g/mol. The number of aryl methyl sites for hydroxylation is 1. The molecule has 2 heterocycles. The lowest BCUT2D eigenvalue weighted by atomic mass is 10.0. The number of hydrogen-bond donors (Lipinski definition) is 1. The predicted octanol–water partition coefficient (Wildman–Crippen LogP) is 2.21. The fourth-order valence-electron chi connectivity index (χ4n) is 2.30. The molecule has 0 bridgehead atoms. The number of hydrogen-bond acceptors (Lipinski definition) is 3. The highest BCUT2D eigenvalue weighted by molar-refractivity contribution is 5.74. The molecule has 1 unspecified atom stereocenters. The quantitative estimate of drug-likeness (QED) is 0.777. The van der Waals surface area contributed by atoms with E-state index < -0.39 is 0 Å². The maximum atomic E-state index is 6.25. The van der Waals surface area contributed by atoms with Crippen LogP contribution < -0.4 is 5.73 Å². The summed E-state index contributed by atoms with van der Waals surface area (Å²) in [5.74, 6) is 0.986. The summed E-state index contributed by atoms with van der Waals surface area (Å²) in [5.41, 5.74) is 9.39. The number of pyridine rings is 1. The van der Waals surface area contributed by atoms with Gasteiger partial charge in [-0.05, 0) is 11.6 Å². The second-order valence-electron chi connectivity index (χ2n) is 4.67. The van der Waals surface area contributed by atoms with Gasteiger partial charge in [0.1, 0.15) is 11.3 Å². The summed E-state index contributed by atoms with van der Waals surface area (Å²) in [6, 6.07) is 12.0. The molecule has 1 atom stereocenters. The lowest BCUT2D eigenvalue weighted by Gasteiger charge is -2.11. The molecule has 19 heavy (non-hydrogen) atoms. The third-order valence-corrected chi connectivity index (χ3v) is 3.41. The summed E-state index contributed by atoms with van der Waals surface area (Å²) in [4.78, 5) is 8.70. The lowest BCUT2D eigenvalue weighted by Crippen LogP contribution is -2.15. The SMILES string of the molecule is Cn1c(CC(N)c2ccccc2)nc2cnccc21. The Bertz CT molecular complexity index is 688. The molecule has 2 N–H and O–H groups in total. The molecule has 96 valence electrons. The van der Waals surface area contributed by atoms with Gasteiger partial charge >= 0.3 is 0 Å². The lowest BCUT2D eigenvalue weighted by molar-refractivity contribution is 0.665. The van der Waals surface area contributed by atoms with E-state index in [0.29, 0.717) is 0 Å². The van der Waals surface area contributed by atoms with Crippen molar-refractivity contribution in [3.05, 3.63) is 60.2 Å². The number of imidazole rings is 1. The first kappa shape index (κ1) is 11.9. The fourth-order valence-corrected chi connectivity index (χ4v) is 2.30. The van der Waals surface area contributed by atoms with Crippen molar-refractivity contribution < 1.29 is 0 Å². The van der Waals surface area contributed by atoms with Crippen molar-refractivity contribution >= 4 is 11.0 Å². The number of fused-ring (bicyclic) bond motifs is 1. The van der Waals surface area contributed by atoms with Crippen LogP contribution in [0.3, 0.4) is 0 Å². The van der Waals surface area contributed by atoms with Crippen LogP contribution in [0.15, 0.2) is 48.8 Å². The van der Waals surface area contributed by atoms with Gasteiger partial charge in [0.05, 0.1) is 11.7 Å². The molecule has 0 fully saturated rings. The molecule has 0 saturated carbocycles. The number of nitrogens with two attached hydrogens (primary N) is 1. The van der Waals surface area contributed by atoms with Crippen molar-refractivity contribution in [1.82, 2.24) is 14.5 Å². The standard InChI is InChI=1S/C15H16N4/c1-19-14-7-8-17-10-13(14)18-15(19)9-12(16)11-5-3-2-4-6-11/h2-8,10,12H,9,16H2,1H3. The van der Waals surface area contributed by atoms with E-state index in [-0.39, 0.29) is 6.04 Å². The summed E-state index contributed by atoms with van der Waals surface area (Å²) in [6.45, 7) is 0. The highest BCUT2D eigenvalue weighted by Crippen LogP contribution is 2.18. The Labute approximate surface area is 111 Å². The molecule has 4 nitrogen and oxygen atoms in total. The van der Waals surface area contributed by atoms with Gasteiger partial charge < -0.3 is 10.3 Å². The molecule has 0 amide bonds. The average Bonchev–Trinajstić information content (AvgIpc) is 2.77. The Kier molecular flexibility index (Phi) is 3.01. The van der Waals surface area contributed by atoms with E-state index in [2.05, 4.69) is 26.7 Å². The van der Waals surface area contributed by atoms with Gasteiger partial charge in [-0.1, -0.05) is 30.3 Å². The maximum Gasteiger partial charge on any atom is 0.111 e. The number of benzene rings is 1. The van der Waals surface area contributed by atoms with E-state index in [0.717, 1.165) is 28.8 Å². The first-order valence-electron chi connectivity index (χ1n) is 6.31. The Hall–Kier alpha value is -2.20. The maximum absolute atomic E-state index is 6.25. The van der Waals surface area contributed by atoms with Crippen LogP contribution in [0.5, 0.6) is 0 Å². The molecule has 3 aromatic rings. The van der Waals surface area contributed by atoms with Gasteiger partial charge in [-0.3, -0.25) is 4.98 Å². The molecular formula is C15H16N4. The molecule has 4 heteroatoms. The van der Waals surface area contributed by atoms with Crippen LogP contribution >= 0.6 is 0 Å². The zero-order chi connectivity index (χ0) is 13.2. The number of nitrogens with zero attached hydrogens (tertiary/aromatic N) is 3. The Morgan fingerprint density at radius 1 is 1.21 bits per heavy atom. The van der Waals surface area contributed by atoms with Crippen LogP contribution in [0.4, 0.5) is 0 Å². The third-order valence-electron chi connectivity index (χ3n) is 3.41. The summed E-state index contributed by atoms with van der Waals surface area (Å²) in [5, 5.41) is 0. The van der Waals surface area contributed by atoms with Crippen LogP contribution in [0, 0.1) is 0 Å². The van der Waals surface area contributed by atoms with Gasteiger partial charge in [0.15, 0.2) is 0 Å². The molecule has 1 aromatic carbocycles. The smallest absolute Gasteiger partial charge is 0.111 e. The van der Waals surface area contributed by atoms with Gasteiger partial charge in [-0.15, -0.1) is 0 Å². The number of aromatic nitrogens is 3. The third kappa shape index (κ3) is 2.22. The summed E-state index contributed by atoms with van der Waals surface area (Å²) in [7, 11) is 2.02. The summed E-state index contributed by atoms with van der Waals surface area (Å²) in [6.07, 6.45) is 4.28. The zero-order valence-electron chi connectivity index (χ0n) is 10.8. The number of rotatable bonds is 3. The van der Waals surface area contributed by atoms with Crippen molar-refractivity contribution in [3.63, 3.8) is 0 Å². The van der Waals surface area contributed by atoms with Gasteiger partial charge in [-0.25, -0.2) is 4.98 Å². The second-order valence-corrected chi connectivity index (χ2v) is 4.67. The van der Waals surface area contributed by atoms with Crippen molar-refractivity contribution in [2.45, 2.75) is 12.5 Å². The molecule has 0 spiro atoms. The molecule has 0 saturated heterocycles. The highest BCUT2D eigenvalue weighted by Gasteiger charge is 2.12. The summed E-state index contributed by atoms with van der Waals surface area (Å²) >= 11 is 0. The van der Waals surface area contributed by atoms with Gasteiger partial charge in [0.2, 0.25) is 0 Å². The topological polar surface area (TPSA) is 56.7 Å². The molecule has 0 aliphatic heterocycles. The molecule has 2 aromatic heterocycles. The Morgan fingerprint density at radius 3 is 2.74 bits per heavy atom. The van der Waals surface area contributed by atoms with E-state index in [1.807, 2.05) is 31.3 Å². The van der Waals surface area contributed by atoms with E-state index in [4.69, 9.17) is 5.73 Å². The van der Waals surface area contributed by atoms with Crippen LogP contribution in [-0.2, 0) is 13.5 Å². The van der Waals surface area contributed by atoms with E-state index in [1.54, 1.807) is 12.4 Å². The van der Waals surface area contributed by atoms with Crippen molar-refractivity contribution in [2.75, 3.05) is 0 Å². The van der Waals surface area contributed by atoms with Crippen LogP contribution in [0.2, 0.25) is 0 Å². The van der Waals surface area contributed by atoms with Crippen molar-refractivity contribution in [3.8, 4) is 0 Å². The summed E-state index contributed by atoms with van der Waals surface area (Å²) < 4.78 is 2.08. The first-order chi connectivity index (χ1) is 9.25. The van der Waals surface area contributed by atoms with Gasteiger partial charge in [0.25, 0.3) is 0 Å².